The molecule has 0 spiro atoms. The quantitative estimate of drug-likeness (QED) is 0.802. The lowest BCUT2D eigenvalue weighted by Gasteiger charge is -2.06. The van der Waals surface area contributed by atoms with Crippen LogP contribution in [-0.2, 0) is 0 Å². The normalized spacial score (nSPS) is 10.2. The SMILES string of the molecule is CCCCNc1ncc(C(=O)Nc2cccc(F)c2)cn1. The summed E-state index contributed by atoms with van der Waals surface area (Å²) in [6.07, 6.45) is 5.00. The molecule has 110 valence electrons. The highest BCUT2D eigenvalue weighted by Crippen LogP contribution is 2.11. The third-order valence-electron chi connectivity index (χ3n) is 2.81. The fourth-order valence-electron chi connectivity index (χ4n) is 1.68. The number of benzene rings is 1. The number of hydrogen-bond acceptors (Lipinski definition) is 4. The lowest BCUT2D eigenvalue weighted by molar-refractivity contribution is 0.102. The van der Waals surface area contributed by atoms with Crippen molar-refractivity contribution < 1.29 is 9.18 Å². The van der Waals surface area contributed by atoms with Crippen molar-refractivity contribution in [1.29, 1.82) is 0 Å². The van der Waals surface area contributed by atoms with Crippen molar-refractivity contribution in [3.63, 3.8) is 0 Å². The maximum atomic E-state index is 13.0. The predicted molar refractivity (Wildman–Crippen MR) is 79.8 cm³/mol. The number of anilines is 2. The van der Waals surface area contributed by atoms with Crippen LogP contribution in [0.5, 0.6) is 0 Å². The van der Waals surface area contributed by atoms with E-state index in [1.54, 1.807) is 6.07 Å². The first kappa shape index (κ1) is 14.9. The summed E-state index contributed by atoms with van der Waals surface area (Å²) in [5, 5.41) is 5.66. The molecule has 6 heteroatoms. The molecule has 0 atom stereocenters. The summed E-state index contributed by atoms with van der Waals surface area (Å²) in [6, 6.07) is 5.71. The van der Waals surface area contributed by atoms with Crippen LogP contribution in [0.25, 0.3) is 0 Å². The van der Waals surface area contributed by atoms with E-state index < -0.39 is 5.82 Å². The van der Waals surface area contributed by atoms with Gasteiger partial charge >= 0.3 is 0 Å². The van der Waals surface area contributed by atoms with Gasteiger partial charge in [-0.25, -0.2) is 14.4 Å². The first-order valence-corrected chi connectivity index (χ1v) is 6.82. The highest BCUT2D eigenvalue weighted by Gasteiger charge is 2.08. The Morgan fingerprint density at radius 3 is 2.71 bits per heavy atom. The fraction of sp³-hybridized carbons (Fsp3) is 0.267. The van der Waals surface area contributed by atoms with E-state index in [4.69, 9.17) is 0 Å². The number of hydrogen-bond donors (Lipinski definition) is 2. The zero-order chi connectivity index (χ0) is 15.1. The van der Waals surface area contributed by atoms with Gasteiger partial charge in [0.25, 0.3) is 5.91 Å². The fourth-order valence-corrected chi connectivity index (χ4v) is 1.68. The Kier molecular flexibility index (Phi) is 5.20. The lowest BCUT2D eigenvalue weighted by Crippen LogP contribution is -2.13. The van der Waals surface area contributed by atoms with E-state index >= 15 is 0 Å². The molecule has 0 aliphatic heterocycles. The van der Waals surface area contributed by atoms with Gasteiger partial charge < -0.3 is 10.6 Å². The summed E-state index contributed by atoms with van der Waals surface area (Å²) in [7, 11) is 0. The summed E-state index contributed by atoms with van der Waals surface area (Å²) >= 11 is 0. The van der Waals surface area contributed by atoms with Gasteiger partial charge in [0.05, 0.1) is 5.56 Å². The van der Waals surface area contributed by atoms with Crippen LogP contribution in [0, 0.1) is 5.82 Å². The van der Waals surface area contributed by atoms with Gasteiger partial charge in [-0.05, 0) is 24.6 Å². The van der Waals surface area contributed by atoms with Crippen molar-refractivity contribution in [2.24, 2.45) is 0 Å². The van der Waals surface area contributed by atoms with Gasteiger partial charge in [-0.3, -0.25) is 4.79 Å². The molecule has 0 fully saturated rings. The van der Waals surface area contributed by atoms with Crippen LogP contribution in [0.4, 0.5) is 16.0 Å². The molecule has 0 saturated heterocycles. The van der Waals surface area contributed by atoms with Gasteiger partial charge in [0.2, 0.25) is 5.95 Å². The molecule has 5 nitrogen and oxygen atoms in total. The van der Waals surface area contributed by atoms with Crippen molar-refractivity contribution in [2.75, 3.05) is 17.2 Å². The molecule has 2 aromatic rings. The van der Waals surface area contributed by atoms with Crippen LogP contribution in [0.2, 0.25) is 0 Å². The van der Waals surface area contributed by atoms with Gasteiger partial charge in [-0.15, -0.1) is 0 Å². The molecule has 1 amide bonds. The highest BCUT2D eigenvalue weighted by atomic mass is 19.1. The van der Waals surface area contributed by atoms with Crippen molar-refractivity contribution in [3.05, 3.63) is 48.0 Å². The average Bonchev–Trinajstić information content (AvgIpc) is 2.48. The summed E-state index contributed by atoms with van der Waals surface area (Å²) < 4.78 is 13.0. The minimum Gasteiger partial charge on any atom is -0.354 e. The van der Waals surface area contributed by atoms with Crippen molar-refractivity contribution in [2.45, 2.75) is 19.8 Å². The number of carbonyl (C=O) groups excluding carboxylic acids is 1. The molecule has 2 N–H and O–H groups in total. The van der Waals surface area contributed by atoms with E-state index in [1.165, 1.54) is 30.6 Å². The Morgan fingerprint density at radius 2 is 2.05 bits per heavy atom. The number of halogens is 1. The Hall–Kier alpha value is -2.50. The maximum absolute atomic E-state index is 13.0. The molecular weight excluding hydrogens is 271 g/mol. The summed E-state index contributed by atoms with van der Waals surface area (Å²) in [6.45, 7) is 2.90. The topological polar surface area (TPSA) is 66.9 Å². The Bertz CT molecular complexity index is 601. The van der Waals surface area contributed by atoms with Crippen LogP contribution in [-0.4, -0.2) is 22.4 Å². The highest BCUT2D eigenvalue weighted by molar-refractivity contribution is 6.03. The minimum absolute atomic E-state index is 0.320. The molecule has 2 rings (SSSR count). The van der Waals surface area contributed by atoms with E-state index in [2.05, 4.69) is 27.5 Å². The number of nitrogens with one attached hydrogen (secondary N) is 2. The zero-order valence-corrected chi connectivity index (χ0v) is 11.8. The molecule has 21 heavy (non-hydrogen) atoms. The Morgan fingerprint density at radius 1 is 1.29 bits per heavy atom. The summed E-state index contributed by atoms with van der Waals surface area (Å²) in [5.41, 5.74) is 0.713. The maximum Gasteiger partial charge on any atom is 0.258 e. The molecule has 0 bridgehead atoms. The van der Waals surface area contributed by atoms with E-state index in [0.717, 1.165) is 19.4 Å². The van der Waals surface area contributed by atoms with Crippen LogP contribution in [0.1, 0.15) is 30.1 Å². The second kappa shape index (κ2) is 7.33. The van der Waals surface area contributed by atoms with Crippen LogP contribution < -0.4 is 10.6 Å². The number of amides is 1. The van der Waals surface area contributed by atoms with Gasteiger partial charge in [0.15, 0.2) is 0 Å². The van der Waals surface area contributed by atoms with Crippen LogP contribution in [0.15, 0.2) is 36.7 Å². The molecule has 0 radical (unpaired) electrons. The third-order valence-corrected chi connectivity index (χ3v) is 2.81. The molecule has 1 aromatic carbocycles. The third kappa shape index (κ3) is 4.52. The van der Waals surface area contributed by atoms with E-state index in [-0.39, 0.29) is 5.91 Å². The molecule has 0 aliphatic rings. The minimum atomic E-state index is -0.403. The van der Waals surface area contributed by atoms with E-state index in [9.17, 15) is 9.18 Å². The summed E-state index contributed by atoms with van der Waals surface area (Å²) in [4.78, 5) is 20.1. The molecule has 0 unspecified atom stereocenters. The smallest absolute Gasteiger partial charge is 0.258 e. The van der Waals surface area contributed by atoms with Crippen molar-refractivity contribution in [3.8, 4) is 0 Å². The number of unbranched alkanes of at least 4 members (excludes halogenated alkanes) is 1. The molecule has 1 heterocycles. The predicted octanol–water partition coefficient (Wildman–Crippen LogP) is 3.08. The van der Waals surface area contributed by atoms with Crippen molar-refractivity contribution >= 4 is 17.5 Å². The standard InChI is InChI=1S/C15H17FN4O/c1-2-3-7-17-15-18-9-11(10-19-15)14(21)20-13-6-4-5-12(16)8-13/h4-6,8-10H,2-3,7H2,1H3,(H,20,21)(H,17,18,19). The molecule has 0 aliphatic carbocycles. The van der Waals surface area contributed by atoms with Crippen LogP contribution in [0.3, 0.4) is 0 Å². The summed E-state index contributed by atoms with van der Waals surface area (Å²) in [5.74, 6) is -0.286. The molecular formula is C15H17FN4O. The van der Waals surface area contributed by atoms with Gasteiger partial charge in [0.1, 0.15) is 5.82 Å². The largest absolute Gasteiger partial charge is 0.354 e. The first-order chi connectivity index (χ1) is 10.2. The lowest BCUT2D eigenvalue weighted by atomic mass is 10.2. The van der Waals surface area contributed by atoms with Crippen molar-refractivity contribution in [1.82, 2.24) is 9.97 Å². The van der Waals surface area contributed by atoms with Crippen LogP contribution >= 0.6 is 0 Å². The second-order valence-electron chi connectivity index (χ2n) is 4.54. The second-order valence-corrected chi connectivity index (χ2v) is 4.54. The number of rotatable bonds is 6. The van der Waals surface area contributed by atoms with Gasteiger partial charge in [-0.2, -0.15) is 0 Å². The Labute approximate surface area is 122 Å². The number of nitrogens with zero attached hydrogens (tertiary/aromatic N) is 2. The monoisotopic (exact) mass is 288 g/mol. The zero-order valence-electron chi connectivity index (χ0n) is 11.8. The van der Waals surface area contributed by atoms with E-state index in [1.807, 2.05) is 0 Å². The average molecular weight is 288 g/mol. The first-order valence-electron chi connectivity index (χ1n) is 6.82. The van der Waals surface area contributed by atoms with E-state index in [0.29, 0.717) is 17.2 Å². The van der Waals surface area contributed by atoms with Gasteiger partial charge in [0, 0.05) is 24.6 Å². The molecule has 1 aromatic heterocycles. The molecule has 0 saturated carbocycles. The number of carbonyl (C=O) groups is 1. The van der Waals surface area contributed by atoms with Gasteiger partial charge in [-0.1, -0.05) is 19.4 Å². The number of aromatic nitrogens is 2. The Balaban J connectivity index is 1.96.